The first-order chi connectivity index (χ1) is 11.8. The summed E-state index contributed by atoms with van der Waals surface area (Å²) >= 11 is 0. The number of ether oxygens (including phenoxy) is 2. The Kier molecular flexibility index (Phi) is 6.28. The van der Waals surface area contributed by atoms with Gasteiger partial charge in [-0.15, -0.1) is 0 Å². The van der Waals surface area contributed by atoms with Gasteiger partial charge in [0.25, 0.3) is 0 Å². The summed E-state index contributed by atoms with van der Waals surface area (Å²) in [6.45, 7) is 11.7. The molecule has 1 aromatic carbocycles. The summed E-state index contributed by atoms with van der Waals surface area (Å²) in [5.74, 6) is 0.678. The standard InChI is InChI=1S/C20H32N2O2/c1-3-21-13-19(15-23-2)20(16-21)9-10-22(17-20)11-12-24-14-18-7-5-4-6-8-18/h4-8,19H,3,9-17H2,1-2H3/t19-,20-/m0/s1. The average Bonchev–Trinajstić information content (AvgIpc) is 3.18. The minimum absolute atomic E-state index is 0.436. The van der Waals surface area contributed by atoms with Gasteiger partial charge in [-0.2, -0.15) is 0 Å². The normalized spacial score (nSPS) is 28.2. The van der Waals surface area contributed by atoms with Gasteiger partial charge in [-0.3, -0.25) is 0 Å². The molecule has 2 aliphatic rings. The number of benzene rings is 1. The molecule has 2 fully saturated rings. The zero-order valence-electron chi connectivity index (χ0n) is 15.2. The van der Waals surface area contributed by atoms with Gasteiger partial charge in [0.1, 0.15) is 0 Å². The average molecular weight is 332 g/mol. The molecule has 3 rings (SSSR count). The van der Waals surface area contributed by atoms with Gasteiger partial charge >= 0.3 is 0 Å². The molecule has 0 amide bonds. The lowest BCUT2D eigenvalue weighted by Gasteiger charge is -2.30. The van der Waals surface area contributed by atoms with E-state index in [1.54, 1.807) is 0 Å². The summed E-state index contributed by atoms with van der Waals surface area (Å²) in [5.41, 5.74) is 1.69. The van der Waals surface area contributed by atoms with Crippen LogP contribution >= 0.6 is 0 Å². The SMILES string of the molecule is CCN1C[C@@H](COC)[C@@]2(CCN(CCOCc3ccccc3)C2)C1. The fourth-order valence-corrected chi connectivity index (χ4v) is 4.41. The van der Waals surface area contributed by atoms with Crippen LogP contribution in [0.5, 0.6) is 0 Å². The molecule has 2 atom stereocenters. The Morgan fingerprint density at radius 2 is 1.96 bits per heavy atom. The number of methoxy groups -OCH3 is 1. The molecule has 0 bridgehead atoms. The number of hydrogen-bond acceptors (Lipinski definition) is 4. The Bertz CT molecular complexity index is 496. The van der Waals surface area contributed by atoms with Gasteiger partial charge < -0.3 is 19.3 Å². The molecule has 4 heteroatoms. The van der Waals surface area contributed by atoms with E-state index in [1.165, 1.54) is 38.2 Å². The molecular weight excluding hydrogens is 300 g/mol. The third kappa shape index (κ3) is 4.17. The van der Waals surface area contributed by atoms with Gasteiger partial charge in [0.2, 0.25) is 0 Å². The maximum atomic E-state index is 5.87. The maximum Gasteiger partial charge on any atom is 0.0717 e. The number of likely N-dealkylation sites (tertiary alicyclic amines) is 2. The first-order valence-corrected chi connectivity index (χ1v) is 9.31. The molecule has 0 radical (unpaired) electrons. The molecule has 0 aliphatic carbocycles. The maximum absolute atomic E-state index is 5.87. The smallest absolute Gasteiger partial charge is 0.0717 e. The van der Waals surface area contributed by atoms with Crippen LogP contribution in [0.1, 0.15) is 18.9 Å². The van der Waals surface area contributed by atoms with Gasteiger partial charge in [-0.05, 0) is 25.1 Å². The Morgan fingerprint density at radius 3 is 2.71 bits per heavy atom. The molecule has 134 valence electrons. The van der Waals surface area contributed by atoms with Crippen molar-refractivity contribution in [3.05, 3.63) is 35.9 Å². The van der Waals surface area contributed by atoms with Crippen molar-refractivity contribution < 1.29 is 9.47 Å². The predicted molar refractivity (Wildman–Crippen MR) is 97.1 cm³/mol. The van der Waals surface area contributed by atoms with E-state index < -0.39 is 0 Å². The minimum atomic E-state index is 0.436. The molecule has 1 aromatic rings. The monoisotopic (exact) mass is 332 g/mol. The second kappa shape index (κ2) is 8.43. The lowest BCUT2D eigenvalue weighted by atomic mass is 9.78. The third-order valence-electron chi connectivity index (χ3n) is 5.83. The molecule has 0 saturated carbocycles. The topological polar surface area (TPSA) is 24.9 Å². The van der Waals surface area contributed by atoms with Crippen LogP contribution in [0.4, 0.5) is 0 Å². The highest BCUT2D eigenvalue weighted by Gasteiger charge is 2.49. The molecular formula is C20H32N2O2. The van der Waals surface area contributed by atoms with Gasteiger partial charge in [-0.1, -0.05) is 37.3 Å². The molecule has 2 heterocycles. The van der Waals surface area contributed by atoms with E-state index in [4.69, 9.17) is 9.47 Å². The van der Waals surface area contributed by atoms with Crippen LogP contribution in [0.25, 0.3) is 0 Å². The second-order valence-electron chi connectivity index (χ2n) is 7.41. The molecule has 1 spiro atoms. The summed E-state index contributed by atoms with van der Waals surface area (Å²) in [4.78, 5) is 5.19. The second-order valence-corrected chi connectivity index (χ2v) is 7.41. The van der Waals surface area contributed by atoms with Gasteiger partial charge in [0.15, 0.2) is 0 Å². The zero-order valence-corrected chi connectivity index (χ0v) is 15.2. The van der Waals surface area contributed by atoms with Crippen LogP contribution in [-0.2, 0) is 16.1 Å². The summed E-state index contributed by atoms with van der Waals surface area (Å²) < 4.78 is 11.4. The molecule has 4 nitrogen and oxygen atoms in total. The van der Waals surface area contributed by atoms with Crippen LogP contribution in [0, 0.1) is 11.3 Å². The van der Waals surface area contributed by atoms with Crippen molar-refractivity contribution in [3.8, 4) is 0 Å². The lowest BCUT2D eigenvalue weighted by Crippen LogP contribution is -2.37. The van der Waals surface area contributed by atoms with Gasteiger partial charge in [-0.25, -0.2) is 0 Å². The van der Waals surface area contributed by atoms with Gasteiger partial charge in [0, 0.05) is 44.6 Å². The number of hydrogen-bond donors (Lipinski definition) is 0. The van der Waals surface area contributed by atoms with Crippen LogP contribution in [0.3, 0.4) is 0 Å². The number of nitrogens with zero attached hydrogens (tertiary/aromatic N) is 2. The van der Waals surface area contributed by atoms with E-state index >= 15 is 0 Å². The third-order valence-corrected chi connectivity index (χ3v) is 5.83. The first-order valence-electron chi connectivity index (χ1n) is 9.31. The van der Waals surface area contributed by atoms with E-state index in [-0.39, 0.29) is 0 Å². The molecule has 0 aromatic heterocycles. The molecule has 2 aliphatic heterocycles. The number of rotatable bonds is 8. The quantitative estimate of drug-likeness (QED) is 0.683. The van der Waals surface area contributed by atoms with Crippen molar-refractivity contribution in [2.45, 2.75) is 20.0 Å². The highest BCUT2D eigenvalue weighted by Crippen LogP contribution is 2.43. The molecule has 0 N–H and O–H groups in total. The van der Waals surface area contributed by atoms with Crippen molar-refractivity contribution in [1.29, 1.82) is 0 Å². The highest BCUT2D eigenvalue weighted by atomic mass is 16.5. The fourth-order valence-electron chi connectivity index (χ4n) is 4.41. The Labute approximate surface area is 146 Å². The van der Waals surface area contributed by atoms with Crippen LogP contribution in [0.15, 0.2) is 30.3 Å². The summed E-state index contributed by atoms with van der Waals surface area (Å²) in [5, 5.41) is 0. The largest absolute Gasteiger partial charge is 0.384 e. The molecule has 0 unspecified atom stereocenters. The first kappa shape index (κ1) is 17.9. The van der Waals surface area contributed by atoms with Crippen molar-refractivity contribution in [1.82, 2.24) is 9.80 Å². The van der Waals surface area contributed by atoms with Crippen molar-refractivity contribution in [2.24, 2.45) is 11.3 Å². The summed E-state index contributed by atoms with van der Waals surface area (Å²) in [6.07, 6.45) is 1.30. The van der Waals surface area contributed by atoms with Crippen LogP contribution in [-0.4, -0.2) is 69.4 Å². The predicted octanol–water partition coefficient (Wildman–Crippen LogP) is 2.49. The van der Waals surface area contributed by atoms with Gasteiger partial charge in [0.05, 0.1) is 19.8 Å². The van der Waals surface area contributed by atoms with E-state index in [0.717, 1.165) is 32.9 Å². The van der Waals surface area contributed by atoms with Crippen LogP contribution < -0.4 is 0 Å². The van der Waals surface area contributed by atoms with E-state index in [0.29, 0.717) is 11.3 Å². The fraction of sp³-hybridized carbons (Fsp3) is 0.700. The summed E-state index contributed by atoms with van der Waals surface area (Å²) in [6, 6.07) is 10.4. The lowest BCUT2D eigenvalue weighted by molar-refractivity contribution is 0.0804. The Morgan fingerprint density at radius 1 is 1.17 bits per heavy atom. The summed E-state index contributed by atoms with van der Waals surface area (Å²) in [7, 11) is 1.84. The van der Waals surface area contributed by atoms with Crippen LogP contribution in [0.2, 0.25) is 0 Å². The van der Waals surface area contributed by atoms with Crippen molar-refractivity contribution in [3.63, 3.8) is 0 Å². The highest BCUT2D eigenvalue weighted by molar-refractivity contribution is 5.13. The Hall–Kier alpha value is -0.940. The van der Waals surface area contributed by atoms with Crippen molar-refractivity contribution >= 4 is 0 Å². The van der Waals surface area contributed by atoms with Crippen molar-refractivity contribution in [2.75, 3.05) is 59.6 Å². The minimum Gasteiger partial charge on any atom is -0.384 e. The molecule has 2 saturated heterocycles. The Balaban J connectivity index is 1.44. The zero-order chi connectivity index (χ0) is 16.8. The molecule has 24 heavy (non-hydrogen) atoms. The van der Waals surface area contributed by atoms with E-state index in [9.17, 15) is 0 Å². The van der Waals surface area contributed by atoms with E-state index in [2.05, 4.69) is 41.0 Å². The van der Waals surface area contributed by atoms with E-state index in [1.807, 2.05) is 13.2 Å².